The monoisotopic (exact) mass is 190 g/mol. The summed E-state index contributed by atoms with van der Waals surface area (Å²) in [5, 5.41) is 2.47. The van der Waals surface area contributed by atoms with Crippen LogP contribution in [0.3, 0.4) is 0 Å². The van der Waals surface area contributed by atoms with Crippen LogP contribution in [-0.4, -0.2) is 13.1 Å². The summed E-state index contributed by atoms with van der Waals surface area (Å²) in [4.78, 5) is 11.7. The second kappa shape index (κ2) is 3.74. The second-order valence-electron chi connectivity index (χ2n) is 1.98. The summed E-state index contributed by atoms with van der Waals surface area (Å²) in [5.74, 6) is -0.233. The van der Waals surface area contributed by atoms with E-state index < -0.39 is 0 Å². The Bertz CT molecular complexity index is 257. The van der Waals surface area contributed by atoms with Gasteiger partial charge < -0.3 is 4.74 Å². The first kappa shape index (κ1) is 8.56. The molecule has 1 heterocycles. The lowest BCUT2D eigenvalue weighted by atomic mass is 10.3. The van der Waals surface area contributed by atoms with Gasteiger partial charge in [-0.3, -0.25) is 4.79 Å². The fourth-order valence-electron chi connectivity index (χ4n) is 0.661. The normalized spacial score (nSPS) is 9.64. The summed E-state index contributed by atoms with van der Waals surface area (Å²) in [5.41, 5.74) is 0. The first-order valence-electron chi connectivity index (χ1n) is 3.02. The zero-order valence-electron chi connectivity index (χ0n) is 5.96. The number of rotatable bonds is 2. The number of ether oxygens (including phenoxy) is 1. The van der Waals surface area contributed by atoms with Crippen molar-refractivity contribution < 1.29 is 9.53 Å². The SMILES string of the molecule is COC(=O)Cc1cc(Cl)cs1. The molecular formula is C7H7ClO2S. The van der Waals surface area contributed by atoms with Crippen molar-refractivity contribution in [3.05, 3.63) is 21.3 Å². The summed E-state index contributed by atoms with van der Waals surface area (Å²) in [6.07, 6.45) is 0.313. The molecule has 0 fully saturated rings. The molecule has 1 aromatic heterocycles. The highest BCUT2D eigenvalue weighted by Gasteiger charge is 2.04. The molecular weight excluding hydrogens is 184 g/mol. The van der Waals surface area contributed by atoms with E-state index in [1.165, 1.54) is 18.4 Å². The van der Waals surface area contributed by atoms with E-state index in [2.05, 4.69) is 4.74 Å². The van der Waals surface area contributed by atoms with Crippen molar-refractivity contribution in [3.8, 4) is 0 Å². The van der Waals surface area contributed by atoms with Crippen molar-refractivity contribution >= 4 is 28.9 Å². The van der Waals surface area contributed by atoms with Crippen molar-refractivity contribution in [2.75, 3.05) is 7.11 Å². The Labute approximate surface area is 73.7 Å². The molecule has 0 saturated carbocycles. The highest BCUT2D eigenvalue weighted by atomic mass is 35.5. The first-order valence-corrected chi connectivity index (χ1v) is 4.28. The number of hydrogen-bond acceptors (Lipinski definition) is 3. The van der Waals surface area contributed by atoms with Gasteiger partial charge in [0.25, 0.3) is 0 Å². The van der Waals surface area contributed by atoms with Crippen LogP contribution in [0.15, 0.2) is 11.4 Å². The van der Waals surface area contributed by atoms with Gasteiger partial charge in [-0.1, -0.05) is 11.6 Å². The van der Waals surface area contributed by atoms with E-state index in [0.29, 0.717) is 11.4 Å². The van der Waals surface area contributed by atoms with Crippen LogP contribution in [0.1, 0.15) is 4.88 Å². The molecule has 0 aromatic carbocycles. The van der Waals surface area contributed by atoms with E-state index >= 15 is 0 Å². The van der Waals surface area contributed by atoms with Gasteiger partial charge in [-0.2, -0.15) is 0 Å². The van der Waals surface area contributed by atoms with E-state index in [1.54, 1.807) is 11.4 Å². The highest BCUT2D eigenvalue weighted by molar-refractivity contribution is 7.10. The van der Waals surface area contributed by atoms with E-state index in [4.69, 9.17) is 11.6 Å². The van der Waals surface area contributed by atoms with E-state index in [9.17, 15) is 4.79 Å². The lowest BCUT2D eigenvalue weighted by Gasteiger charge is -1.93. The molecule has 1 aromatic rings. The fourth-order valence-corrected chi connectivity index (χ4v) is 1.72. The van der Waals surface area contributed by atoms with Crippen LogP contribution in [-0.2, 0) is 16.0 Å². The number of carbonyl (C=O) groups excluding carboxylic acids is 1. The van der Waals surface area contributed by atoms with Crippen LogP contribution in [0, 0.1) is 0 Å². The Kier molecular flexibility index (Phi) is 2.91. The van der Waals surface area contributed by atoms with Gasteiger partial charge in [-0.25, -0.2) is 0 Å². The third-order valence-corrected chi connectivity index (χ3v) is 2.45. The number of methoxy groups -OCH3 is 1. The molecule has 0 N–H and O–H groups in total. The molecule has 0 atom stereocenters. The number of thiophene rings is 1. The first-order chi connectivity index (χ1) is 5.22. The maximum atomic E-state index is 10.7. The largest absolute Gasteiger partial charge is 0.469 e. The molecule has 0 radical (unpaired) electrons. The molecule has 11 heavy (non-hydrogen) atoms. The van der Waals surface area contributed by atoms with Gasteiger partial charge in [-0.15, -0.1) is 11.3 Å². The highest BCUT2D eigenvalue weighted by Crippen LogP contribution is 2.19. The summed E-state index contributed by atoms with van der Waals surface area (Å²) >= 11 is 7.11. The molecule has 0 aliphatic rings. The summed E-state index contributed by atoms with van der Waals surface area (Å²) < 4.78 is 4.49. The van der Waals surface area contributed by atoms with Crippen LogP contribution in [0.25, 0.3) is 0 Å². The second-order valence-corrected chi connectivity index (χ2v) is 3.42. The van der Waals surface area contributed by atoms with Crippen LogP contribution < -0.4 is 0 Å². The minimum Gasteiger partial charge on any atom is -0.469 e. The molecule has 0 unspecified atom stereocenters. The molecule has 0 aliphatic heterocycles. The Morgan fingerprint density at radius 2 is 2.55 bits per heavy atom. The molecule has 0 bridgehead atoms. The number of esters is 1. The predicted molar refractivity (Wildman–Crippen MR) is 45.0 cm³/mol. The van der Waals surface area contributed by atoms with Crippen LogP contribution in [0.2, 0.25) is 5.02 Å². The molecule has 2 nitrogen and oxygen atoms in total. The number of hydrogen-bond donors (Lipinski definition) is 0. The van der Waals surface area contributed by atoms with Gasteiger partial charge >= 0.3 is 5.97 Å². The quantitative estimate of drug-likeness (QED) is 0.668. The average Bonchev–Trinajstić information content (AvgIpc) is 2.35. The molecule has 60 valence electrons. The topological polar surface area (TPSA) is 26.3 Å². The van der Waals surface area contributed by atoms with Gasteiger partial charge in [-0.05, 0) is 6.07 Å². The van der Waals surface area contributed by atoms with Crippen molar-refractivity contribution in [3.63, 3.8) is 0 Å². The van der Waals surface area contributed by atoms with Crippen molar-refractivity contribution in [2.45, 2.75) is 6.42 Å². The van der Waals surface area contributed by atoms with E-state index in [1.807, 2.05) is 0 Å². The summed E-state index contributed by atoms with van der Waals surface area (Å²) in [6, 6.07) is 1.77. The lowest BCUT2D eigenvalue weighted by molar-refractivity contribution is -0.139. The van der Waals surface area contributed by atoms with E-state index in [-0.39, 0.29) is 5.97 Å². The molecule has 1 rings (SSSR count). The van der Waals surface area contributed by atoms with Crippen LogP contribution in [0.4, 0.5) is 0 Å². The zero-order valence-corrected chi connectivity index (χ0v) is 7.54. The summed E-state index contributed by atoms with van der Waals surface area (Å²) in [6.45, 7) is 0. The average molecular weight is 191 g/mol. The minimum atomic E-state index is -0.233. The molecule has 0 amide bonds. The van der Waals surface area contributed by atoms with Crippen molar-refractivity contribution in [2.24, 2.45) is 0 Å². The smallest absolute Gasteiger partial charge is 0.310 e. The predicted octanol–water partition coefficient (Wildman–Crippen LogP) is 2.12. The third kappa shape index (κ3) is 2.52. The minimum absolute atomic E-state index is 0.233. The van der Waals surface area contributed by atoms with Gasteiger partial charge in [0.2, 0.25) is 0 Å². The Hall–Kier alpha value is -0.540. The standard InChI is InChI=1S/C7H7ClO2S/c1-10-7(9)3-6-2-5(8)4-11-6/h2,4H,3H2,1H3. The molecule has 4 heteroatoms. The summed E-state index contributed by atoms with van der Waals surface area (Å²) in [7, 11) is 1.37. The molecule has 0 aliphatic carbocycles. The Morgan fingerprint density at radius 1 is 1.82 bits per heavy atom. The molecule has 0 saturated heterocycles. The maximum absolute atomic E-state index is 10.7. The Balaban J connectivity index is 2.57. The zero-order chi connectivity index (χ0) is 8.27. The van der Waals surface area contributed by atoms with Crippen molar-refractivity contribution in [1.82, 2.24) is 0 Å². The van der Waals surface area contributed by atoms with Gasteiger partial charge in [0.15, 0.2) is 0 Å². The van der Waals surface area contributed by atoms with E-state index in [0.717, 1.165) is 4.88 Å². The third-order valence-electron chi connectivity index (χ3n) is 1.17. The van der Waals surface area contributed by atoms with Crippen LogP contribution >= 0.6 is 22.9 Å². The Morgan fingerprint density at radius 3 is 3.00 bits per heavy atom. The van der Waals surface area contributed by atoms with Crippen LogP contribution in [0.5, 0.6) is 0 Å². The number of halogens is 1. The number of carbonyl (C=O) groups is 1. The molecule has 0 spiro atoms. The maximum Gasteiger partial charge on any atom is 0.310 e. The van der Waals surface area contributed by atoms with Gasteiger partial charge in [0.05, 0.1) is 18.6 Å². The van der Waals surface area contributed by atoms with Crippen molar-refractivity contribution in [1.29, 1.82) is 0 Å². The lowest BCUT2D eigenvalue weighted by Crippen LogP contribution is -2.02. The fraction of sp³-hybridized carbons (Fsp3) is 0.286. The van der Waals surface area contributed by atoms with Gasteiger partial charge in [0.1, 0.15) is 0 Å². The van der Waals surface area contributed by atoms with Gasteiger partial charge in [0, 0.05) is 10.3 Å².